The van der Waals surface area contributed by atoms with Gasteiger partial charge in [-0.1, -0.05) is 65.2 Å². The molecule has 1 heterocycles. The zero-order chi connectivity index (χ0) is 15.6. The van der Waals surface area contributed by atoms with Crippen LogP contribution in [0.4, 0.5) is 0 Å². The highest BCUT2D eigenvalue weighted by Crippen LogP contribution is 2.26. The molecule has 1 aromatic heterocycles. The Morgan fingerprint density at radius 2 is 1.43 bits per heavy atom. The van der Waals surface area contributed by atoms with Gasteiger partial charge in [-0.15, -0.1) is 0 Å². The summed E-state index contributed by atoms with van der Waals surface area (Å²) in [6.45, 7) is 0. The topological polar surface area (TPSA) is 34.1 Å². The highest BCUT2D eigenvalue weighted by molar-refractivity contribution is 5.91. The van der Waals surface area contributed by atoms with E-state index in [4.69, 9.17) is 4.42 Å². The van der Waals surface area contributed by atoms with Crippen LogP contribution in [-0.4, -0.2) is 0 Å². The molecule has 0 saturated heterocycles. The Bertz CT molecular complexity index is 1020. The van der Waals surface area contributed by atoms with E-state index >= 15 is 0 Å². The molecule has 0 unspecified atom stereocenters. The molecule has 0 amide bonds. The second-order valence-corrected chi connectivity index (χ2v) is 5.29. The molecule has 4 aromatic rings. The third-order valence-corrected chi connectivity index (χ3v) is 3.82. The van der Waals surface area contributed by atoms with E-state index in [0.717, 1.165) is 22.2 Å². The number of fused-ring (bicyclic) bond motifs is 1. The molecule has 3 heteroatoms. The molecule has 0 aliphatic rings. The third-order valence-electron chi connectivity index (χ3n) is 3.82. The lowest BCUT2D eigenvalue weighted by Crippen LogP contribution is -2.46. The first kappa shape index (κ1) is 13.5. The Morgan fingerprint density at radius 3 is 2.17 bits per heavy atom. The Labute approximate surface area is 133 Å². The van der Waals surface area contributed by atoms with E-state index in [1.165, 1.54) is 4.57 Å². The van der Waals surface area contributed by atoms with Crippen molar-refractivity contribution >= 4 is 11.0 Å². The number of aromatic nitrogens is 1. The SMILES string of the molecule is O=c1oc2c(-c3ccccc3)cccc2c[n+]1-c1ccccc1. The molecule has 3 nitrogen and oxygen atoms in total. The van der Waals surface area contributed by atoms with Gasteiger partial charge in [0, 0.05) is 17.7 Å². The van der Waals surface area contributed by atoms with Crippen molar-refractivity contribution in [2.75, 3.05) is 0 Å². The predicted octanol–water partition coefficient (Wildman–Crippen LogP) is 3.74. The Balaban J connectivity index is 1.98. The van der Waals surface area contributed by atoms with Crippen molar-refractivity contribution in [2.45, 2.75) is 0 Å². The van der Waals surface area contributed by atoms with Crippen molar-refractivity contribution in [3.8, 4) is 16.8 Å². The van der Waals surface area contributed by atoms with E-state index in [9.17, 15) is 4.79 Å². The Hall–Kier alpha value is -3.20. The summed E-state index contributed by atoms with van der Waals surface area (Å²) in [5.74, 6) is -0.396. The van der Waals surface area contributed by atoms with E-state index in [1.54, 1.807) is 0 Å². The molecule has 110 valence electrons. The Kier molecular flexibility index (Phi) is 3.24. The lowest BCUT2D eigenvalue weighted by molar-refractivity contribution is -0.623. The fourth-order valence-corrected chi connectivity index (χ4v) is 2.71. The molecule has 0 atom stereocenters. The first-order valence-corrected chi connectivity index (χ1v) is 7.42. The summed E-state index contributed by atoms with van der Waals surface area (Å²) >= 11 is 0. The summed E-state index contributed by atoms with van der Waals surface area (Å²) in [5.41, 5.74) is 3.34. The van der Waals surface area contributed by atoms with E-state index in [-0.39, 0.29) is 0 Å². The van der Waals surface area contributed by atoms with Crippen LogP contribution >= 0.6 is 0 Å². The summed E-state index contributed by atoms with van der Waals surface area (Å²) < 4.78 is 7.17. The zero-order valence-electron chi connectivity index (χ0n) is 12.3. The van der Waals surface area contributed by atoms with Gasteiger partial charge in [0.1, 0.15) is 0 Å². The zero-order valence-corrected chi connectivity index (χ0v) is 12.3. The van der Waals surface area contributed by atoms with Crippen LogP contribution in [0, 0.1) is 0 Å². The number of rotatable bonds is 2. The number of nitrogens with zero attached hydrogens (tertiary/aromatic N) is 1. The maximum absolute atomic E-state index is 12.4. The molecule has 3 aromatic carbocycles. The van der Waals surface area contributed by atoms with Crippen LogP contribution in [0.2, 0.25) is 0 Å². The van der Waals surface area contributed by atoms with Gasteiger partial charge >= 0.3 is 5.76 Å². The summed E-state index contributed by atoms with van der Waals surface area (Å²) in [7, 11) is 0. The van der Waals surface area contributed by atoms with Gasteiger partial charge in [-0.05, 0) is 11.6 Å². The molecule has 4 rings (SSSR count). The number of hydrogen-bond acceptors (Lipinski definition) is 2. The van der Waals surface area contributed by atoms with E-state index in [0.29, 0.717) is 5.58 Å². The van der Waals surface area contributed by atoms with Crippen molar-refractivity contribution in [3.05, 3.63) is 95.6 Å². The van der Waals surface area contributed by atoms with Gasteiger partial charge in [-0.2, -0.15) is 4.79 Å². The van der Waals surface area contributed by atoms with Gasteiger partial charge in [0.2, 0.25) is 5.69 Å². The normalized spacial score (nSPS) is 10.8. The Morgan fingerprint density at radius 1 is 0.739 bits per heavy atom. The minimum absolute atomic E-state index is 0.396. The van der Waals surface area contributed by atoms with Crippen LogP contribution in [0.5, 0.6) is 0 Å². The molecular formula is C20H14NO2+. The average Bonchev–Trinajstić information content (AvgIpc) is 2.62. The summed E-state index contributed by atoms with van der Waals surface area (Å²) in [6.07, 6.45) is 1.82. The van der Waals surface area contributed by atoms with Crippen LogP contribution in [0.1, 0.15) is 0 Å². The first-order chi connectivity index (χ1) is 11.3. The summed E-state index contributed by atoms with van der Waals surface area (Å²) in [5, 5.41) is 0.884. The van der Waals surface area contributed by atoms with Gasteiger partial charge < -0.3 is 4.42 Å². The molecular weight excluding hydrogens is 286 g/mol. The van der Waals surface area contributed by atoms with Crippen LogP contribution in [0.15, 0.2) is 94.3 Å². The molecule has 23 heavy (non-hydrogen) atoms. The molecule has 0 aliphatic carbocycles. The van der Waals surface area contributed by atoms with Gasteiger partial charge in [-0.3, -0.25) is 0 Å². The summed E-state index contributed by atoms with van der Waals surface area (Å²) in [6, 6.07) is 25.3. The monoisotopic (exact) mass is 300 g/mol. The van der Waals surface area contributed by atoms with E-state index < -0.39 is 5.76 Å². The van der Waals surface area contributed by atoms with Gasteiger partial charge in [0.15, 0.2) is 11.8 Å². The first-order valence-electron chi connectivity index (χ1n) is 7.42. The molecule has 0 spiro atoms. The van der Waals surface area contributed by atoms with Crippen molar-refractivity contribution in [3.63, 3.8) is 0 Å². The van der Waals surface area contributed by atoms with E-state index in [1.807, 2.05) is 85.1 Å². The van der Waals surface area contributed by atoms with Crippen molar-refractivity contribution in [1.82, 2.24) is 0 Å². The van der Waals surface area contributed by atoms with Crippen LogP contribution in [0.3, 0.4) is 0 Å². The standard InChI is InChI=1S/C20H14NO2/c22-20-21(17-11-5-2-6-12-17)14-16-10-7-13-18(19(16)23-20)15-8-3-1-4-9-15/h1-14H/q+1. The maximum atomic E-state index is 12.4. The second-order valence-electron chi connectivity index (χ2n) is 5.29. The largest absolute Gasteiger partial charge is 0.608 e. The minimum Gasteiger partial charge on any atom is -0.371 e. The molecule has 0 N–H and O–H groups in total. The van der Waals surface area contributed by atoms with Crippen LogP contribution in [0.25, 0.3) is 27.8 Å². The van der Waals surface area contributed by atoms with Crippen LogP contribution < -0.4 is 10.3 Å². The number of benzene rings is 3. The molecule has 0 fully saturated rings. The lowest BCUT2D eigenvalue weighted by Gasteiger charge is -2.04. The van der Waals surface area contributed by atoms with Crippen molar-refractivity contribution in [2.24, 2.45) is 0 Å². The van der Waals surface area contributed by atoms with Crippen molar-refractivity contribution in [1.29, 1.82) is 0 Å². The molecule has 0 radical (unpaired) electrons. The fraction of sp³-hybridized carbons (Fsp3) is 0. The van der Waals surface area contributed by atoms with Gasteiger partial charge in [-0.25, -0.2) is 0 Å². The third kappa shape index (κ3) is 2.42. The maximum Gasteiger partial charge on any atom is 0.608 e. The second kappa shape index (κ2) is 5.54. The molecule has 0 saturated carbocycles. The fourth-order valence-electron chi connectivity index (χ4n) is 2.71. The van der Waals surface area contributed by atoms with Gasteiger partial charge in [0.05, 0.1) is 5.39 Å². The highest BCUT2D eigenvalue weighted by Gasteiger charge is 2.17. The highest BCUT2D eigenvalue weighted by atomic mass is 16.4. The number of hydrogen-bond donors (Lipinski definition) is 0. The predicted molar refractivity (Wildman–Crippen MR) is 89.5 cm³/mol. The molecule has 0 bridgehead atoms. The van der Waals surface area contributed by atoms with Gasteiger partial charge in [0.25, 0.3) is 0 Å². The van der Waals surface area contributed by atoms with E-state index in [2.05, 4.69) is 0 Å². The smallest absolute Gasteiger partial charge is 0.371 e. The van der Waals surface area contributed by atoms with Crippen molar-refractivity contribution < 1.29 is 8.98 Å². The quantitative estimate of drug-likeness (QED) is 0.529. The van der Waals surface area contributed by atoms with Crippen LogP contribution in [-0.2, 0) is 0 Å². The average molecular weight is 300 g/mol. The summed E-state index contributed by atoms with van der Waals surface area (Å²) in [4.78, 5) is 12.4. The number of para-hydroxylation sites is 2. The molecule has 0 aliphatic heterocycles. The lowest BCUT2D eigenvalue weighted by atomic mass is 10.0. The minimum atomic E-state index is -0.396.